The minimum atomic E-state index is -2.75. The molecule has 0 spiro atoms. The van der Waals surface area contributed by atoms with Crippen LogP contribution in [-0.4, -0.2) is 27.1 Å². The third-order valence-electron chi connectivity index (χ3n) is 3.51. The second-order valence-electron chi connectivity index (χ2n) is 6.44. The van der Waals surface area contributed by atoms with E-state index in [1.165, 1.54) is 18.3 Å². The maximum absolute atomic E-state index is 13.4. The van der Waals surface area contributed by atoms with E-state index in [0.717, 1.165) is 6.20 Å². The summed E-state index contributed by atoms with van der Waals surface area (Å²) in [6.45, 7) is 3.52. The summed E-state index contributed by atoms with van der Waals surface area (Å²) in [6.07, 6.45) is 1.11. The van der Waals surface area contributed by atoms with Gasteiger partial charge in [0.25, 0.3) is 6.43 Å². The Kier molecular flexibility index (Phi) is 4.38. The van der Waals surface area contributed by atoms with Crippen molar-refractivity contribution < 1.29 is 17.9 Å². The van der Waals surface area contributed by atoms with E-state index in [-0.39, 0.29) is 23.6 Å². The average molecular weight is 350 g/mol. The van der Waals surface area contributed by atoms with Crippen molar-refractivity contribution in [1.82, 2.24) is 15.0 Å². The van der Waals surface area contributed by atoms with Crippen molar-refractivity contribution in [3.8, 4) is 17.0 Å². The number of nitrogens with zero attached hydrogens (tertiary/aromatic N) is 2. The molecule has 0 fully saturated rings. The number of aromatic amines is 1. The van der Waals surface area contributed by atoms with Gasteiger partial charge in [0.15, 0.2) is 0 Å². The molecule has 0 amide bonds. The number of alkyl halides is 2. The first-order valence-electron chi connectivity index (χ1n) is 7.57. The lowest BCUT2D eigenvalue weighted by atomic mass is 10.1. The van der Waals surface area contributed by atoms with Crippen LogP contribution in [0.4, 0.5) is 13.2 Å². The monoisotopic (exact) mass is 350 g/mol. The second kappa shape index (κ2) is 6.36. The van der Waals surface area contributed by atoms with Crippen LogP contribution in [-0.2, 0) is 0 Å². The van der Waals surface area contributed by atoms with Crippen LogP contribution < -0.4 is 10.5 Å². The SMILES string of the molecule is CC(C)(N)COc1cnc(-c2c[nH]c3ncc(F)cc23)cc1C(F)F. The van der Waals surface area contributed by atoms with Crippen LogP contribution in [0.5, 0.6) is 5.75 Å². The highest BCUT2D eigenvalue weighted by Gasteiger charge is 2.20. The summed E-state index contributed by atoms with van der Waals surface area (Å²) in [6, 6.07) is 2.51. The third-order valence-corrected chi connectivity index (χ3v) is 3.51. The smallest absolute Gasteiger partial charge is 0.267 e. The number of rotatable bonds is 5. The Labute approximate surface area is 142 Å². The van der Waals surface area contributed by atoms with E-state index in [2.05, 4.69) is 15.0 Å². The van der Waals surface area contributed by atoms with Gasteiger partial charge >= 0.3 is 0 Å². The Morgan fingerprint density at radius 3 is 2.68 bits per heavy atom. The van der Waals surface area contributed by atoms with Gasteiger partial charge in [0, 0.05) is 22.7 Å². The summed E-state index contributed by atoms with van der Waals surface area (Å²) >= 11 is 0. The molecule has 0 aliphatic rings. The molecule has 0 bridgehead atoms. The van der Waals surface area contributed by atoms with Crippen molar-refractivity contribution in [3.05, 3.63) is 42.1 Å². The maximum atomic E-state index is 13.4. The summed E-state index contributed by atoms with van der Waals surface area (Å²) in [5.41, 5.74) is 6.05. The second-order valence-corrected chi connectivity index (χ2v) is 6.44. The molecule has 0 saturated carbocycles. The number of pyridine rings is 2. The van der Waals surface area contributed by atoms with Crippen molar-refractivity contribution >= 4 is 11.0 Å². The molecule has 3 rings (SSSR count). The number of hydrogen-bond acceptors (Lipinski definition) is 4. The molecule has 0 aliphatic heterocycles. The van der Waals surface area contributed by atoms with Crippen molar-refractivity contribution in [2.45, 2.75) is 25.8 Å². The van der Waals surface area contributed by atoms with E-state index in [4.69, 9.17) is 10.5 Å². The largest absolute Gasteiger partial charge is 0.490 e. The predicted molar refractivity (Wildman–Crippen MR) is 88.0 cm³/mol. The van der Waals surface area contributed by atoms with Crippen LogP contribution in [0, 0.1) is 5.82 Å². The van der Waals surface area contributed by atoms with Gasteiger partial charge in [0.1, 0.15) is 23.8 Å². The molecule has 3 N–H and O–H groups in total. The highest BCUT2D eigenvalue weighted by Crippen LogP contribution is 2.34. The van der Waals surface area contributed by atoms with Gasteiger partial charge in [-0.1, -0.05) is 0 Å². The van der Waals surface area contributed by atoms with Crippen molar-refractivity contribution in [3.63, 3.8) is 0 Å². The van der Waals surface area contributed by atoms with Crippen LogP contribution in [0.2, 0.25) is 0 Å². The predicted octanol–water partition coefficient (Wildman–Crippen LogP) is 3.82. The maximum Gasteiger partial charge on any atom is 0.267 e. The fourth-order valence-electron chi connectivity index (χ4n) is 2.35. The molecule has 8 heteroatoms. The summed E-state index contributed by atoms with van der Waals surface area (Å²) in [7, 11) is 0. The van der Waals surface area contributed by atoms with Gasteiger partial charge in [-0.15, -0.1) is 0 Å². The molecule has 0 aromatic carbocycles. The molecule has 132 valence electrons. The van der Waals surface area contributed by atoms with Gasteiger partial charge in [-0.05, 0) is 26.0 Å². The van der Waals surface area contributed by atoms with Gasteiger partial charge in [-0.2, -0.15) is 0 Å². The van der Waals surface area contributed by atoms with Gasteiger partial charge in [0.2, 0.25) is 0 Å². The van der Waals surface area contributed by atoms with Crippen LogP contribution >= 0.6 is 0 Å². The fourth-order valence-corrected chi connectivity index (χ4v) is 2.35. The number of fused-ring (bicyclic) bond motifs is 1. The highest BCUT2D eigenvalue weighted by molar-refractivity contribution is 5.92. The lowest BCUT2D eigenvalue weighted by molar-refractivity contribution is 0.142. The standard InChI is InChI=1S/C17H17F3N4O/c1-17(2,21)8-25-14-7-22-13(4-11(14)15(19)20)12-6-24-16-10(12)3-9(18)5-23-16/h3-7,15H,8,21H2,1-2H3,(H,23,24). The molecule has 0 atom stereocenters. The zero-order valence-electron chi connectivity index (χ0n) is 13.7. The van der Waals surface area contributed by atoms with E-state index in [0.29, 0.717) is 16.6 Å². The quantitative estimate of drug-likeness (QED) is 0.733. The minimum Gasteiger partial charge on any atom is -0.490 e. The van der Waals surface area contributed by atoms with Crippen molar-refractivity contribution in [2.24, 2.45) is 5.73 Å². The molecule has 3 heterocycles. The number of ether oxygens (including phenoxy) is 1. The van der Waals surface area contributed by atoms with E-state index in [1.807, 2.05) is 0 Å². The Morgan fingerprint density at radius 1 is 1.24 bits per heavy atom. The van der Waals surface area contributed by atoms with Crippen LogP contribution in [0.25, 0.3) is 22.3 Å². The molecule has 5 nitrogen and oxygen atoms in total. The third kappa shape index (κ3) is 3.74. The van der Waals surface area contributed by atoms with E-state index in [1.54, 1.807) is 20.0 Å². The fraction of sp³-hybridized carbons (Fsp3) is 0.294. The minimum absolute atomic E-state index is 0.0265. The first-order chi connectivity index (χ1) is 11.7. The molecule has 0 saturated heterocycles. The molecule has 0 radical (unpaired) electrons. The lowest BCUT2D eigenvalue weighted by Gasteiger charge is -2.20. The van der Waals surface area contributed by atoms with Gasteiger partial charge in [-0.3, -0.25) is 4.98 Å². The normalized spacial score (nSPS) is 12.1. The number of H-pyrrole nitrogens is 1. The van der Waals surface area contributed by atoms with Crippen molar-refractivity contribution in [1.29, 1.82) is 0 Å². The summed E-state index contributed by atoms with van der Waals surface area (Å²) in [4.78, 5) is 11.0. The van der Waals surface area contributed by atoms with Gasteiger partial charge in [-0.25, -0.2) is 18.2 Å². The van der Waals surface area contributed by atoms with E-state index >= 15 is 0 Å². The number of aromatic nitrogens is 3. The van der Waals surface area contributed by atoms with Crippen LogP contribution in [0.3, 0.4) is 0 Å². The Bertz CT molecular complexity index is 903. The molecular formula is C17H17F3N4O. The summed E-state index contributed by atoms with van der Waals surface area (Å²) < 4.78 is 45.7. The molecule has 0 aliphatic carbocycles. The van der Waals surface area contributed by atoms with Crippen molar-refractivity contribution in [2.75, 3.05) is 6.61 Å². The first-order valence-corrected chi connectivity index (χ1v) is 7.57. The first kappa shape index (κ1) is 17.2. The molecule has 0 unspecified atom stereocenters. The number of hydrogen-bond donors (Lipinski definition) is 2. The number of nitrogens with two attached hydrogens (primary N) is 1. The van der Waals surface area contributed by atoms with Gasteiger partial charge in [0.05, 0.1) is 23.7 Å². The van der Waals surface area contributed by atoms with Crippen LogP contribution in [0.1, 0.15) is 25.8 Å². The number of halogens is 3. The molecule has 3 aromatic heterocycles. The highest BCUT2D eigenvalue weighted by atomic mass is 19.3. The topological polar surface area (TPSA) is 76.8 Å². The lowest BCUT2D eigenvalue weighted by Crippen LogP contribution is -2.38. The number of nitrogens with one attached hydrogen (secondary N) is 1. The van der Waals surface area contributed by atoms with Gasteiger partial charge < -0.3 is 15.5 Å². The Morgan fingerprint density at radius 2 is 2.00 bits per heavy atom. The summed E-state index contributed by atoms with van der Waals surface area (Å²) in [5.74, 6) is -0.547. The zero-order chi connectivity index (χ0) is 18.2. The average Bonchev–Trinajstić information content (AvgIpc) is 2.95. The van der Waals surface area contributed by atoms with E-state index in [9.17, 15) is 13.2 Å². The van der Waals surface area contributed by atoms with E-state index < -0.39 is 17.8 Å². The molecule has 25 heavy (non-hydrogen) atoms. The Hall–Kier alpha value is -2.61. The Balaban J connectivity index is 2.02. The molecular weight excluding hydrogens is 333 g/mol. The summed E-state index contributed by atoms with van der Waals surface area (Å²) in [5, 5.41) is 0.462. The molecule has 3 aromatic rings. The zero-order valence-corrected chi connectivity index (χ0v) is 13.7. The van der Waals surface area contributed by atoms with Crippen LogP contribution in [0.15, 0.2) is 30.7 Å².